The minimum absolute atomic E-state index is 0.141. The molecule has 0 aliphatic heterocycles. The summed E-state index contributed by atoms with van der Waals surface area (Å²) in [7, 11) is 0. The molecular formula is C12H21N3O2. The third-order valence-electron chi connectivity index (χ3n) is 2.38. The highest BCUT2D eigenvalue weighted by Crippen LogP contribution is 2.14. The average Bonchev–Trinajstić information content (AvgIpc) is 2.65. The normalized spacial score (nSPS) is 14.6. The van der Waals surface area contributed by atoms with Crippen LogP contribution in [0.15, 0.2) is 18.5 Å². The maximum absolute atomic E-state index is 11.6. The molecule has 1 amide bonds. The number of hydrogen-bond acceptors (Lipinski definition) is 3. The number of nitrogens with zero attached hydrogens (tertiary/aromatic N) is 2. The zero-order chi connectivity index (χ0) is 12.9. The summed E-state index contributed by atoms with van der Waals surface area (Å²) in [5.74, 6) is 0.255. The van der Waals surface area contributed by atoms with Crippen molar-refractivity contribution in [2.45, 2.75) is 39.3 Å². The van der Waals surface area contributed by atoms with Crippen LogP contribution in [0.5, 0.6) is 0 Å². The van der Waals surface area contributed by atoms with Crippen molar-refractivity contribution >= 4 is 5.91 Å². The van der Waals surface area contributed by atoms with Gasteiger partial charge in [0, 0.05) is 18.9 Å². The molecule has 1 aromatic heterocycles. The summed E-state index contributed by atoms with van der Waals surface area (Å²) < 4.78 is 1.55. The van der Waals surface area contributed by atoms with Crippen molar-refractivity contribution < 1.29 is 9.90 Å². The van der Waals surface area contributed by atoms with Crippen LogP contribution in [0.25, 0.3) is 0 Å². The fourth-order valence-electron chi connectivity index (χ4n) is 1.84. The number of aliphatic hydroxyl groups is 1. The van der Waals surface area contributed by atoms with Gasteiger partial charge in [-0.15, -0.1) is 0 Å². The highest BCUT2D eigenvalue weighted by Gasteiger charge is 2.22. The van der Waals surface area contributed by atoms with Gasteiger partial charge in [-0.2, -0.15) is 5.10 Å². The number of aromatic nitrogens is 2. The molecule has 17 heavy (non-hydrogen) atoms. The molecule has 0 spiro atoms. The Morgan fingerprint density at radius 1 is 1.59 bits per heavy atom. The van der Waals surface area contributed by atoms with Gasteiger partial charge in [0.2, 0.25) is 5.91 Å². The third kappa shape index (κ3) is 5.49. The van der Waals surface area contributed by atoms with Crippen molar-refractivity contribution in [3.8, 4) is 0 Å². The van der Waals surface area contributed by atoms with Crippen LogP contribution >= 0.6 is 0 Å². The minimum atomic E-state index is -0.853. The lowest BCUT2D eigenvalue weighted by atomic mass is 9.94. The van der Waals surface area contributed by atoms with E-state index in [1.807, 2.05) is 13.8 Å². The molecule has 1 rings (SSSR count). The van der Waals surface area contributed by atoms with Gasteiger partial charge in [0.05, 0.1) is 5.60 Å². The number of hydrogen-bond donors (Lipinski definition) is 2. The Hall–Kier alpha value is -1.36. The standard InChI is InChI=1S/C12H21N3O2/c1-10(2)7-12(3,17)9-13-11(16)8-15-6-4-5-14-15/h4-6,10,17H,7-9H2,1-3H3,(H,13,16). The molecule has 1 aromatic rings. The van der Waals surface area contributed by atoms with Crippen LogP contribution in [0, 0.1) is 5.92 Å². The second-order valence-corrected chi connectivity index (χ2v) is 5.08. The summed E-state index contributed by atoms with van der Waals surface area (Å²) >= 11 is 0. The largest absolute Gasteiger partial charge is 0.388 e. The Balaban J connectivity index is 2.32. The molecule has 0 radical (unpaired) electrons. The van der Waals surface area contributed by atoms with E-state index in [1.54, 1.807) is 30.1 Å². The molecule has 0 saturated heterocycles. The van der Waals surface area contributed by atoms with E-state index in [0.717, 1.165) is 0 Å². The monoisotopic (exact) mass is 239 g/mol. The van der Waals surface area contributed by atoms with Crippen LogP contribution in [0.1, 0.15) is 27.2 Å². The number of nitrogens with one attached hydrogen (secondary N) is 1. The molecule has 2 N–H and O–H groups in total. The molecular weight excluding hydrogens is 218 g/mol. The molecule has 1 heterocycles. The van der Waals surface area contributed by atoms with Crippen molar-refractivity contribution in [3.05, 3.63) is 18.5 Å². The van der Waals surface area contributed by atoms with Crippen LogP contribution in [0.2, 0.25) is 0 Å². The highest BCUT2D eigenvalue weighted by atomic mass is 16.3. The quantitative estimate of drug-likeness (QED) is 0.771. The zero-order valence-electron chi connectivity index (χ0n) is 10.7. The average molecular weight is 239 g/mol. The summed E-state index contributed by atoms with van der Waals surface area (Å²) in [6.07, 6.45) is 4.02. The smallest absolute Gasteiger partial charge is 0.241 e. The number of carbonyl (C=O) groups is 1. The first kappa shape index (κ1) is 13.7. The summed E-state index contributed by atoms with van der Waals surface area (Å²) in [6, 6.07) is 1.77. The van der Waals surface area contributed by atoms with Gasteiger partial charge in [-0.25, -0.2) is 0 Å². The SMILES string of the molecule is CC(C)CC(C)(O)CNC(=O)Cn1cccn1. The molecule has 0 aliphatic rings. The fraction of sp³-hybridized carbons (Fsp3) is 0.667. The van der Waals surface area contributed by atoms with Gasteiger partial charge in [0.25, 0.3) is 0 Å². The Morgan fingerprint density at radius 3 is 2.82 bits per heavy atom. The van der Waals surface area contributed by atoms with Gasteiger partial charge in [0.1, 0.15) is 6.54 Å². The second kappa shape index (κ2) is 5.82. The Bertz CT molecular complexity index is 345. The maximum atomic E-state index is 11.6. The van der Waals surface area contributed by atoms with E-state index >= 15 is 0 Å². The molecule has 0 aliphatic carbocycles. The fourth-order valence-corrected chi connectivity index (χ4v) is 1.84. The zero-order valence-corrected chi connectivity index (χ0v) is 10.7. The van der Waals surface area contributed by atoms with E-state index in [1.165, 1.54) is 0 Å². The summed E-state index contributed by atoms with van der Waals surface area (Å²) in [4.78, 5) is 11.6. The second-order valence-electron chi connectivity index (χ2n) is 5.08. The van der Waals surface area contributed by atoms with Crippen molar-refractivity contribution in [2.75, 3.05) is 6.54 Å². The van der Waals surface area contributed by atoms with Crippen LogP contribution in [-0.4, -0.2) is 32.9 Å². The van der Waals surface area contributed by atoms with Gasteiger partial charge in [0.15, 0.2) is 0 Å². The first-order valence-electron chi connectivity index (χ1n) is 5.85. The number of amides is 1. The minimum Gasteiger partial charge on any atom is -0.388 e. The lowest BCUT2D eigenvalue weighted by Gasteiger charge is -2.25. The van der Waals surface area contributed by atoms with Gasteiger partial charge in [-0.3, -0.25) is 9.48 Å². The van der Waals surface area contributed by atoms with E-state index < -0.39 is 5.60 Å². The molecule has 1 atom stereocenters. The van der Waals surface area contributed by atoms with Crippen molar-refractivity contribution in [1.82, 2.24) is 15.1 Å². The topological polar surface area (TPSA) is 67.2 Å². The summed E-state index contributed by atoms with van der Waals surface area (Å²) in [5, 5.41) is 16.7. The first-order chi connectivity index (χ1) is 7.89. The Labute approximate surface area is 102 Å². The molecule has 0 bridgehead atoms. The van der Waals surface area contributed by atoms with Crippen LogP contribution in [0.3, 0.4) is 0 Å². The van der Waals surface area contributed by atoms with E-state index in [-0.39, 0.29) is 19.0 Å². The maximum Gasteiger partial charge on any atom is 0.241 e. The Kier molecular flexibility index (Phi) is 4.69. The lowest BCUT2D eigenvalue weighted by Crippen LogP contribution is -2.42. The van der Waals surface area contributed by atoms with E-state index in [0.29, 0.717) is 12.3 Å². The number of carbonyl (C=O) groups excluding carboxylic acids is 1. The molecule has 0 fully saturated rings. The van der Waals surface area contributed by atoms with Crippen molar-refractivity contribution in [3.63, 3.8) is 0 Å². The molecule has 5 nitrogen and oxygen atoms in total. The van der Waals surface area contributed by atoms with E-state index in [4.69, 9.17) is 0 Å². The predicted molar refractivity (Wildman–Crippen MR) is 65.3 cm³/mol. The van der Waals surface area contributed by atoms with Gasteiger partial charge in [-0.1, -0.05) is 13.8 Å². The summed E-state index contributed by atoms with van der Waals surface area (Å²) in [6.45, 7) is 6.28. The van der Waals surface area contributed by atoms with Gasteiger partial charge >= 0.3 is 0 Å². The molecule has 5 heteroatoms. The first-order valence-corrected chi connectivity index (χ1v) is 5.85. The van der Waals surface area contributed by atoms with Crippen LogP contribution < -0.4 is 5.32 Å². The molecule has 1 unspecified atom stereocenters. The highest BCUT2D eigenvalue weighted by molar-refractivity contribution is 5.75. The van der Waals surface area contributed by atoms with Crippen LogP contribution in [-0.2, 0) is 11.3 Å². The van der Waals surface area contributed by atoms with Crippen LogP contribution in [0.4, 0.5) is 0 Å². The van der Waals surface area contributed by atoms with E-state index in [9.17, 15) is 9.90 Å². The van der Waals surface area contributed by atoms with E-state index in [2.05, 4.69) is 10.4 Å². The molecule has 96 valence electrons. The van der Waals surface area contributed by atoms with Gasteiger partial charge < -0.3 is 10.4 Å². The van der Waals surface area contributed by atoms with Crippen molar-refractivity contribution in [1.29, 1.82) is 0 Å². The van der Waals surface area contributed by atoms with Crippen molar-refractivity contribution in [2.24, 2.45) is 5.92 Å². The Morgan fingerprint density at radius 2 is 2.29 bits per heavy atom. The number of rotatable bonds is 6. The molecule has 0 saturated carbocycles. The molecule has 0 aromatic carbocycles. The third-order valence-corrected chi connectivity index (χ3v) is 2.38. The van der Waals surface area contributed by atoms with Gasteiger partial charge in [-0.05, 0) is 25.3 Å². The predicted octanol–water partition coefficient (Wildman–Crippen LogP) is 0.796. The summed E-state index contributed by atoms with van der Waals surface area (Å²) in [5.41, 5.74) is -0.853. The lowest BCUT2D eigenvalue weighted by molar-refractivity contribution is -0.123.